The summed E-state index contributed by atoms with van der Waals surface area (Å²) in [7, 11) is 0. The van der Waals surface area contributed by atoms with E-state index >= 15 is 0 Å². The first-order valence-electron chi connectivity index (χ1n) is 6.25. The molecule has 18 heavy (non-hydrogen) atoms. The second kappa shape index (κ2) is 5.77. The topological polar surface area (TPSA) is 71.3 Å². The van der Waals surface area contributed by atoms with Gasteiger partial charge >= 0.3 is 5.69 Å². The van der Waals surface area contributed by atoms with E-state index in [0.29, 0.717) is 11.6 Å². The molecule has 0 saturated carbocycles. The van der Waals surface area contributed by atoms with Crippen LogP contribution in [0.4, 0.5) is 11.4 Å². The number of hydrogen-bond acceptors (Lipinski definition) is 5. The highest BCUT2D eigenvalue weighted by atomic mass is 16.6. The number of hydrogen-bond donors (Lipinski definition) is 1. The van der Waals surface area contributed by atoms with E-state index in [2.05, 4.69) is 22.1 Å². The second-order valence-corrected chi connectivity index (χ2v) is 4.58. The van der Waals surface area contributed by atoms with E-state index in [1.165, 1.54) is 6.20 Å². The molecule has 0 radical (unpaired) electrons. The lowest BCUT2D eigenvalue weighted by molar-refractivity contribution is -0.384. The van der Waals surface area contributed by atoms with Crippen molar-refractivity contribution in [2.24, 2.45) is 5.92 Å². The zero-order valence-corrected chi connectivity index (χ0v) is 10.5. The van der Waals surface area contributed by atoms with E-state index in [1.54, 1.807) is 12.3 Å². The van der Waals surface area contributed by atoms with Crippen LogP contribution in [0, 0.1) is 16.0 Å². The summed E-state index contributed by atoms with van der Waals surface area (Å²) in [6, 6.07) is 1.66. The fourth-order valence-electron chi connectivity index (χ4n) is 2.30. The van der Waals surface area contributed by atoms with Crippen LogP contribution < -0.4 is 5.32 Å². The number of nitrogens with one attached hydrogen (secondary N) is 1. The Morgan fingerprint density at radius 3 is 3.17 bits per heavy atom. The molecule has 1 aliphatic heterocycles. The molecule has 1 fully saturated rings. The third-order valence-corrected chi connectivity index (χ3v) is 3.40. The highest BCUT2D eigenvalue weighted by Crippen LogP contribution is 2.23. The molecule has 1 atom stereocenters. The Kier molecular flexibility index (Phi) is 4.09. The Bertz CT molecular complexity index is 424. The standard InChI is InChI=1S/C12H18N4O2/c1-2-15-6-4-10(9-15)7-14-11-3-5-13-8-12(11)16(17)18/h3,5,8,10H,2,4,6-7,9H2,1H3,(H,13,14). The number of rotatable bonds is 5. The maximum absolute atomic E-state index is 10.8. The van der Waals surface area contributed by atoms with Crippen molar-refractivity contribution in [3.05, 3.63) is 28.6 Å². The smallest absolute Gasteiger partial charge is 0.310 e. The predicted molar refractivity (Wildman–Crippen MR) is 69.6 cm³/mol. The maximum Gasteiger partial charge on any atom is 0.310 e. The molecule has 0 spiro atoms. The monoisotopic (exact) mass is 250 g/mol. The average molecular weight is 250 g/mol. The summed E-state index contributed by atoms with van der Waals surface area (Å²) in [5.41, 5.74) is 0.604. The molecule has 0 aromatic carbocycles. The molecular formula is C12H18N4O2. The largest absolute Gasteiger partial charge is 0.379 e. The lowest BCUT2D eigenvalue weighted by Gasteiger charge is -2.14. The van der Waals surface area contributed by atoms with Crippen molar-refractivity contribution in [3.8, 4) is 0 Å². The van der Waals surface area contributed by atoms with E-state index in [1.807, 2.05) is 0 Å². The van der Waals surface area contributed by atoms with E-state index < -0.39 is 4.92 Å². The zero-order chi connectivity index (χ0) is 13.0. The van der Waals surface area contributed by atoms with Crippen molar-refractivity contribution in [3.63, 3.8) is 0 Å². The molecule has 1 aromatic rings. The summed E-state index contributed by atoms with van der Waals surface area (Å²) in [5, 5.41) is 14.0. The van der Waals surface area contributed by atoms with Crippen LogP contribution in [0.5, 0.6) is 0 Å². The number of aromatic nitrogens is 1. The van der Waals surface area contributed by atoms with Gasteiger partial charge in [0.2, 0.25) is 0 Å². The summed E-state index contributed by atoms with van der Waals surface area (Å²) in [4.78, 5) is 16.6. The number of likely N-dealkylation sites (tertiary alicyclic amines) is 1. The Hall–Kier alpha value is -1.69. The van der Waals surface area contributed by atoms with Gasteiger partial charge in [-0.25, -0.2) is 0 Å². The first-order valence-corrected chi connectivity index (χ1v) is 6.25. The number of nitrogens with zero attached hydrogens (tertiary/aromatic N) is 3. The van der Waals surface area contributed by atoms with Crippen LogP contribution >= 0.6 is 0 Å². The molecule has 2 heterocycles. The fraction of sp³-hybridized carbons (Fsp3) is 0.583. The van der Waals surface area contributed by atoms with Gasteiger partial charge in [0.1, 0.15) is 11.9 Å². The average Bonchev–Trinajstić information content (AvgIpc) is 2.84. The van der Waals surface area contributed by atoms with Gasteiger partial charge in [-0.05, 0) is 31.5 Å². The van der Waals surface area contributed by atoms with E-state index in [0.717, 1.165) is 32.6 Å². The molecule has 6 nitrogen and oxygen atoms in total. The Morgan fingerprint density at radius 1 is 1.67 bits per heavy atom. The van der Waals surface area contributed by atoms with E-state index in [4.69, 9.17) is 0 Å². The van der Waals surface area contributed by atoms with Crippen molar-refractivity contribution in [2.75, 3.05) is 31.5 Å². The molecule has 98 valence electrons. The summed E-state index contributed by atoms with van der Waals surface area (Å²) < 4.78 is 0. The molecule has 1 aliphatic rings. The Labute approximate surface area is 106 Å². The zero-order valence-electron chi connectivity index (χ0n) is 10.5. The minimum atomic E-state index is -0.400. The summed E-state index contributed by atoms with van der Waals surface area (Å²) >= 11 is 0. The molecule has 1 saturated heterocycles. The van der Waals surface area contributed by atoms with Crippen LogP contribution in [-0.4, -0.2) is 41.0 Å². The first kappa shape index (κ1) is 12.8. The minimum absolute atomic E-state index is 0.0443. The quantitative estimate of drug-likeness (QED) is 0.636. The van der Waals surface area contributed by atoms with Gasteiger partial charge in [-0.1, -0.05) is 6.92 Å². The highest BCUT2D eigenvalue weighted by molar-refractivity contribution is 5.59. The van der Waals surface area contributed by atoms with Gasteiger partial charge in [-0.15, -0.1) is 0 Å². The van der Waals surface area contributed by atoms with Crippen LogP contribution in [0.2, 0.25) is 0 Å². The molecule has 2 rings (SSSR count). The SMILES string of the molecule is CCN1CCC(CNc2ccncc2[N+](=O)[O-])C1. The highest BCUT2D eigenvalue weighted by Gasteiger charge is 2.22. The van der Waals surface area contributed by atoms with Crippen molar-refractivity contribution in [1.82, 2.24) is 9.88 Å². The summed E-state index contributed by atoms with van der Waals surface area (Å²) in [6.07, 6.45) is 4.01. The summed E-state index contributed by atoms with van der Waals surface area (Å²) in [5.74, 6) is 0.567. The van der Waals surface area contributed by atoms with Crippen LogP contribution in [-0.2, 0) is 0 Å². The third-order valence-electron chi connectivity index (χ3n) is 3.40. The van der Waals surface area contributed by atoms with Crippen LogP contribution in [0.25, 0.3) is 0 Å². The third kappa shape index (κ3) is 2.95. The molecule has 0 bridgehead atoms. The molecule has 0 amide bonds. The predicted octanol–water partition coefficient (Wildman–Crippen LogP) is 1.74. The molecule has 0 aliphatic carbocycles. The van der Waals surface area contributed by atoms with Crippen molar-refractivity contribution < 1.29 is 4.92 Å². The normalized spacial score (nSPS) is 19.9. The fourth-order valence-corrected chi connectivity index (χ4v) is 2.30. The lowest BCUT2D eigenvalue weighted by atomic mass is 10.1. The first-order chi connectivity index (χ1) is 8.70. The van der Waals surface area contributed by atoms with Gasteiger partial charge in [0.25, 0.3) is 0 Å². The van der Waals surface area contributed by atoms with Crippen molar-refractivity contribution >= 4 is 11.4 Å². The molecule has 1 N–H and O–H groups in total. The van der Waals surface area contributed by atoms with Gasteiger partial charge in [0.15, 0.2) is 0 Å². The Morgan fingerprint density at radius 2 is 2.50 bits per heavy atom. The van der Waals surface area contributed by atoms with Crippen molar-refractivity contribution in [1.29, 1.82) is 0 Å². The molecule has 6 heteroatoms. The second-order valence-electron chi connectivity index (χ2n) is 4.58. The van der Waals surface area contributed by atoms with Gasteiger partial charge in [-0.3, -0.25) is 15.1 Å². The lowest BCUT2D eigenvalue weighted by Crippen LogP contribution is -2.22. The minimum Gasteiger partial charge on any atom is -0.379 e. The Balaban J connectivity index is 1.92. The van der Waals surface area contributed by atoms with E-state index in [-0.39, 0.29) is 5.69 Å². The number of anilines is 1. The van der Waals surface area contributed by atoms with Crippen LogP contribution in [0.15, 0.2) is 18.5 Å². The van der Waals surface area contributed by atoms with Crippen LogP contribution in [0.3, 0.4) is 0 Å². The van der Waals surface area contributed by atoms with Crippen molar-refractivity contribution in [2.45, 2.75) is 13.3 Å². The van der Waals surface area contributed by atoms with E-state index in [9.17, 15) is 10.1 Å². The number of pyridine rings is 1. The molecule has 1 unspecified atom stereocenters. The van der Waals surface area contributed by atoms with Gasteiger partial charge in [0, 0.05) is 19.3 Å². The maximum atomic E-state index is 10.8. The number of nitro groups is 1. The van der Waals surface area contributed by atoms with Gasteiger partial charge in [-0.2, -0.15) is 0 Å². The molecule has 1 aromatic heterocycles. The van der Waals surface area contributed by atoms with Gasteiger partial charge < -0.3 is 10.2 Å². The molecular weight excluding hydrogens is 232 g/mol. The van der Waals surface area contributed by atoms with Gasteiger partial charge in [0.05, 0.1) is 4.92 Å². The summed E-state index contributed by atoms with van der Waals surface area (Å²) in [6.45, 7) is 6.21. The van der Waals surface area contributed by atoms with Crippen LogP contribution in [0.1, 0.15) is 13.3 Å².